The highest BCUT2D eigenvalue weighted by Gasteiger charge is 2.18. The van der Waals surface area contributed by atoms with Crippen molar-refractivity contribution in [1.29, 1.82) is 0 Å². The number of likely N-dealkylation sites (N-methyl/N-ethyl adjacent to an activating group) is 2. The van der Waals surface area contributed by atoms with Crippen LogP contribution in [0.2, 0.25) is 0 Å². The fraction of sp³-hybridized carbons (Fsp3) is 0.429. The van der Waals surface area contributed by atoms with Gasteiger partial charge in [-0.1, -0.05) is 22.0 Å². The second-order valence-corrected chi connectivity index (χ2v) is 5.43. The number of carbonyl (C=O) groups excluding carboxylic acids is 2. The van der Waals surface area contributed by atoms with Crippen LogP contribution < -0.4 is 0 Å². The molecule has 0 radical (unpaired) electrons. The Morgan fingerprint density at radius 3 is 2.37 bits per heavy atom. The van der Waals surface area contributed by atoms with Crippen LogP contribution in [0.15, 0.2) is 22.7 Å². The van der Waals surface area contributed by atoms with Crippen LogP contribution in [0.3, 0.4) is 0 Å². The highest BCUT2D eigenvalue weighted by atomic mass is 79.9. The molecule has 0 aromatic heterocycles. The number of aryl methyl sites for hydroxylation is 1. The maximum atomic E-state index is 12.3. The molecule has 0 aliphatic carbocycles. The smallest absolute Gasteiger partial charge is 0.254 e. The summed E-state index contributed by atoms with van der Waals surface area (Å²) < 4.78 is 0.897. The van der Waals surface area contributed by atoms with Crippen molar-refractivity contribution < 1.29 is 9.59 Å². The van der Waals surface area contributed by atoms with Gasteiger partial charge in [-0.3, -0.25) is 9.59 Å². The summed E-state index contributed by atoms with van der Waals surface area (Å²) in [6.45, 7) is 4.44. The molecular formula is C14H19BrN2O2. The molecule has 0 heterocycles. The summed E-state index contributed by atoms with van der Waals surface area (Å²) >= 11 is 3.41. The molecule has 1 aromatic carbocycles. The number of rotatable bonds is 4. The Morgan fingerprint density at radius 2 is 1.89 bits per heavy atom. The van der Waals surface area contributed by atoms with Gasteiger partial charge >= 0.3 is 0 Å². The van der Waals surface area contributed by atoms with E-state index >= 15 is 0 Å². The molecule has 19 heavy (non-hydrogen) atoms. The van der Waals surface area contributed by atoms with E-state index in [-0.39, 0.29) is 18.4 Å². The van der Waals surface area contributed by atoms with E-state index in [9.17, 15) is 9.59 Å². The van der Waals surface area contributed by atoms with Crippen LogP contribution in [0.4, 0.5) is 0 Å². The standard InChI is InChI=1S/C14H19BrN2O2/c1-5-17(9-13(18)16(3)4)14(19)11-7-6-10(2)12(15)8-11/h6-8H,5,9H2,1-4H3. The van der Waals surface area contributed by atoms with Crippen LogP contribution >= 0.6 is 15.9 Å². The van der Waals surface area contributed by atoms with Crippen molar-refractivity contribution in [2.75, 3.05) is 27.2 Å². The Morgan fingerprint density at radius 1 is 1.26 bits per heavy atom. The van der Waals surface area contributed by atoms with Crippen LogP contribution in [0, 0.1) is 6.92 Å². The van der Waals surface area contributed by atoms with Gasteiger partial charge in [0.25, 0.3) is 5.91 Å². The van der Waals surface area contributed by atoms with E-state index in [2.05, 4.69) is 15.9 Å². The molecule has 0 saturated carbocycles. The van der Waals surface area contributed by atoms with E-state index in [1.807, 2.05) is 19.9 Å². The third-order valence-corrected chi connectivity index (χ3v) is 3.77. The third kappa shape index (κ3) is 4.06. The molecular weight excluding hydrogens is 308 g/mol. The molecule has 4 nitrogen and oxygen atoms in total. The normalized spacial score (nSPS) is 10.2. The molecule has 0 aliphatic heterocycles. The molecule has 0 atom stereocenters. The lowest BCUT2D eigenvalue weighted by atomic mass is 10.1. The highest BCUT2D eigenvalue weighted by Crippen LogP contribution is 2.18. The summed E-state index contributed by atoms with van der Waals surface area (Å²) in [5.74, 6) is -0.209. The van der Waals surface area contributed by atoms with E-state index < -0.39 is 0 Å². The molecule has 0 saturated heterocycles. The highest BCUT2D eigenvalue weighted by molar-refractivity contribution is 9.10. The van der Waals surface area contributed by atoms with Gasteiger partial charge in [-0.05, 0) is 31.5 Å². The maximum Gasteiger partial charge on any atom is 0.254 e. The van der Waals surface area contributed by atoms with Crippen molar-refractivity contribution in [3.63, 3.8) is 0 Å². The molecule has 0 N–H and O–H groups in total. The number of nitrogens with zero attached hydrogens (tertiary/aromatic N) is 2. The van der Waals surface area contributed by atoms with E-state index in [1.165, 1.54) is 4.90 Å². The first-order valence-corrected chi connectivity index (χ1v) is 6.91. The maximum absolute atomic E-state index is 12.3. The number of halogens is 1. The van der Waals surface area contributed by atoms with Gasteiger partial charge in [-0.25, -0.2) is 0 Å². The van der Waals surface area contributed by atoms with Gasteiger partial charge in [-0.15, -0.1) is 0 Å². The number of hydrogen-bond acceptors (Lipinski definition) is 2. The minimum Gasteiger partial charge on any atom is -0.347 e. The van der Waals surface area contributed by atoms with Gasteiger partial charge in [0.2, 0.25) is 5.91 Å². The summed E-state index contributed by atoms with van der Waals surface area (Å²) in [7, 11) is 3.37. The first-order valence-electron chi connectivity index (χ1n) is 6.12. The van der Waals surface area contributed by atoms with E-state index in [0.717, 1.165) is 10.0 Å². The first-order chi connectivity index (χ1) is 8.86. The minimum atomic E-state index is -0.126. The van der Waals surface area contributed by atoms with Gasteiger partial charge < -0.3 is 9.80 Å². The predicted octanol–water partition coefficient (Wildman–Crippen LogP) is 2.31. The Kier molecular flexibility index (Phi) is 5.54. The zero-order chi connectivity index (χ0) is 14.6. The summed E-state index contributed by atoms with van der Waals surface area (Å²) in [6, 6.07) is 5.46. The van der Waals surface area contributed by atoms with Crippen molar-refractivity contribution in [1.82, 2.24) is 9.80 Å². The Bertz CT molecular complexity index is 486. The fourth-order valence-corrected chi connectivity index (χ4v) is 1.92. The SMILES string of the molecule is CCN(CC(=O)N(C)C)C(=O)c1ccc(C)c(Br)c1. The predicted molar refractivity (Wildman–Crippen MR) is 79.2 cm³/mol. The topological polar surface area (TPSA) is 40.6 Å². The third-order valence-electron chi connectivity index (χ3n) is 2.91. The molecule has 2 amide bonds. The zero-order valence-corrected chi connectivity index (χ0v) is 13.3. The Balaban J connectivity index is 2.89. The zero-order valence-electron chi connectivity index (χ0n) is 11.7. The van der Waals surface area contributed by atoms with Crippen LogP contribution in [0.1, 0.15) is 22.8 Å². The number of amides is 2. The van der Waals surface area contributed by atoms with Crippen LogP contribution in [0.25, 0.3) is 0 Å². The molecule has 0 spiro atoms. The summed E-state index contributed by atoms with van der Waals surface area (Å²) in [4.78, 5) is 27.1. The summed E-state index contributed by atoms with van der Waals surface area (Å²) in [6.07, 6.45) is 0. The van der Waals surface area contributed by atoms with Gasteiger partial charge in [0.1, 0.15) is 0 Å². The van der Waals surface area contributed by atoms with Crippen molar-refractivity contribution in [2.24, 2.45) is 0 Å². The Labute approximate surface area is 122 Å². The minimum absolute atomic E-state index is 0.0821. The number of hydrogen-bond donors (Lipinski definition) is 0. The lowest BCUT2D eigenvalue weighted by molar-refractivity contribution is -0.129. The average molecular weight is 327 g/mol. The molecule has 0 aliphatic rings. The second-order valence-electron chi connectivity index (χ2n) is 4.57. The van der Waals surface area contributed by atoms with Crippen molar-refractivity contribution >= 4 is 27.7 Å². The fourth-order valence-electron chi connectivity index (χ4n) is 1.54. The van der Waals surface area contributed by atoms with E-state index in [1.54, 1.807) is 31.1 Å². The van der Waals surface area contributed by atoms with Crippen molar-refractivity contribution in [3.05, 3.63) is 33.8 Å². The lowest BCUT2D eigenvalue weighted by Crippen LogP contribution is -2.40. The van der Waals surface area contributed by atoms with Crippen LogP contribution in [-0.4, -0.2) is 48.8 Å². The Hall–Kier alpha value is -1.36. The van der Waals surface area contributed by atoms with Gasteiger partial charge in [0.05, 0.1) is 6.54 Å². The molecule has 104 valence electrons. The lowest BCUT2D eigenvalue weighted by Gasteiger charge is -2.22. The molecule has 1 aromatic rings. The monoisotopic (exact) mass is 326 g/mol. The van der Waals surface area contributed by atoms with Gasteiger partial charge in [0.15, 0.2) is 0 Å². The molecule has 1 rings (SSSR count). The van der Waals surface area contributed by atoms with Crippen LogP contribution in [0.5, 0.6) is 0 Å². The first kappa shape index (κ1) is 15.7. The van der Waals surface area contributed by atoms with E-state index in [0.29, 0.717) is 12.1 Å². The number of carbonyl (C=O) groups is 2. The van der Waals surface area contributed by atoms with Gasteiger partial charge in [-0.2, -0.15) is 0 Å². The second kappa shape index (κ2) is 6.70. The quantitative estimate of drug-likeness (QED) is 0.851. The van der Waals surface area contributed by atoms with Crippen LogP contribution in [-0.2, 0) is 4.79 Å². The molecule has 0 bridgehead atoms. The molecule has 0 unspecified atom stereocenters. The molecule has 5 heteroatoms. The summed E-state index contributed by atoms with van der Waals surface area (Å²) in [5.41, 5.74) is 1.66. The van der Waals surface area contributed by atoms with E-state index in [4.69, 9.17) is 0 Å². The van der Waals surface area contributed by atoms with Crippen molar-refractivity contribution in [2.45, 2.75) is 13.8 Å². The largest absolute Gasteiger partial charge is 0.347 e. The summed E-state index contributed by atoms with van der Waals surface area (Å²) in [5, 5.41) is 0. The van der Waals surface area contributed by atoms with Gasteiger partial charge in [0, 0.05) is 30.7 Å². The average Bonchev–Trinajstić information content (AvgIpc) is 2.37. The molecule has 0 fully saturated rings. The number of benzene rings is 1. The van der Waals surface area contributed by atoms with Crippen molar-refractivity contribution in [3.8, 4) is 0 Å².